The van der Waals surface area contributed by atoms with Crippen LogP contribution in [0.4, 0.5) is 0 Å². The van der Waals surface area contributed by atoms with E-state index in [9.17, 15) is 29.7 Å². The lowest BCUT2D eigenvalue weighted by molar-refractivity contribution is -0.221. The molecule has 0 bridgehead atoms. The quantitative estimate of drug-likeness (QED) is 0.0270. The van der Waals surface area contributed by atoms with E-state index >= 15 is 0 Å². The smallest absolute Gasteiger partial charge is 0.242 e. The second-order valence-electron chi connectivity index (χ2n) is 15.7. The Labute approximate surface area is 386 Å². The van der Waals surface area contributed by atoms with Crippen LogP contribution in [0.3, 0.4) is 0 Å². The number of aliphatic hydroxyl groups excluding tert-OH is 3. The van der Waals surface area contributed by atoms with Gasteiger partial charge in [-0.1, -0.05) is 148 Å². The predicted octanol–water partition coefficient (Wildman–Crippen LogP) is 10.1. The van der Waals surface area contributed by atoms with Crippen molar-refractivity contribution in [2.75, 3.05) is 13.2 Å². The number of unbranched alkanes of at least 4 members (excludes halogenated alkanes) is 2. The number of allylic oxidation sites excluding steroid dienone is 22. The third-order valence-electron chi connectivity index (χ3n) is 10.1. The minimum Gasteiger partial charge on any atom is -0.394 e. The summed E-state index contributed by atoms with van der Waals surface area (Å²) in [4.78, 5) is 38.7. The molecule has 0 aromatic carbocycles. The largest absolute Gasteiger partial charge is 0.394 e. The van der Waals surface area contributed by atoms with Crippen LogP contribution in [-0.4, -0.2) is 76.8 Å². The van der Waals surface area contributed by atoms with Gasteiger partial charge in [-0.3, -0.25) is 14.4 Å². The van der Waals surface area contributed by atoms with Crippen LogP contribution in [0.5, 0.6) is 0 Å². The number of carbonyl (C=O) groups is 3. The summed E-state index contributed by atoms with van der Waals surface area (Å²) in [5.74, 6) is -0.787. The van der Waals surface area contributed by atoms with E-state index in [-0.39, 0.29) is 24.7 Å². The van der Waals surface area contributed by atoms with Crippen LogP contribution in [-0.2, 0) is 19.1 Å². The Kier molecular flexibility index (Phi) is 38.0. The average molecular weight is 886 g/mol. The molecule has 0 saturated carbocycles. The zero-order valence-corrected chi connectivity index (χ0v) is 39.1. The maximum Gasteiger partial charge on any atom is 0.242 e. The van der Waals surface area contributed by atoms with Crippen LogP contribution in [0.25, 0.3) is 0 Å². The Morgan fingerprint density at radius 1 is 0.562 bits per heavy atom. The zero-order valence-electron chi connectivity index (χ0n) is 39.1. The zero-order chi connectivity index (χ0) is 46.6. The molecule has 0 aromatic rings. The molecule has 6 N–H and O–H groups in total. The molecule has 5 atom stereocenters. The van der Waals surface area contributed by atoms with Gasteiger partial charge in [-0.2, -0.15) is 0 Å². The number of hydrogen-bond acceptors (Lipinski definition) is 7. The van der Waals surface area contributed by atoms with Crippen molar-refractivity contribution < 1.29 is 34.4 Å². The maximum atomic E-state index is 13.4. The predicted molar refractivity (Wildman–Crippen MR) is 265 cm³/mol. The number of ether oxygens (including phenoxy) is 1. The Morgan fingerprint density at radius 3 is 1.45 bits per heavy atom. The van der Waals surface area contributed by atoms with Gasteiger partial charge >= 0.3 is 0 Å². The third-order valence-corrected chi connectivity index (χ3v) is 10.1. The van der Waals surface area contributed by atoms with E-state index in [1.807, 2.05) is 6.08 Å². The van der Waals surface area contributed by atoms with Gasteiger partial charge in [-0.25, -0.2) is 0 Å². The Morgan fingerprint density at radius 2 is 1.00 bits per heavy atom. The molecule has 10 nitrogen and oxygen atoms in total. The second kappa shape index (κ2) is 42.3. The van der Waals surface area contributed by atoms with Gasteiger partial charge in [0, 0.05) is 25.8 Å². The number of hydrogen-bond donors (Lipinski definition) is 6. The van der Waals surface area contributed by atoms with Crippen LogP contribution in [0.2, 0.25) is 0 Å². The maximum absolute atomic E-state index is 13.4. The summed E-state index contributed by atoms with van der Waals surface area (Å²) >= 11 is 0. The lowest BCUT2D eigenvalue weighted by Gasteiger charge is -2.37. The molecule has 0 spiro atoms. The summed E-state index contributed by atoms with van der Waals surface area (Å²) in [6, 6.07) is -1.77. The van der Waals surface area contributed by atoms with E-state index in [4.69, 9.17) is 4.74 Å². The normalized spacial score (nSPS) is 19.3. The van der Waals surface area contributed by atoms with Crippen molar-refractivity contribution in [3.63, 3.8) is 0 Å². The molecule has 0 radical (unpaired) electrons. The monoisotopic (exact) mass is 886 g/mol. The number of rotatable bonds is 36. The highest BCUT2D eigenvalue weighted by Gasteiger charge is 2.37. The fourth-order valence-corrected chi connectivity index (χ4v) is 6.40. The molecule has 1 fully saturated rings. The molecule has 0 aliphatic carbocycles. The van der Waals surface area contributed by atoms with Crippen molar-refractivity contribution >= 4 is 17.7 Å². The standard InChI is InChI=1S/C54H83N3O7/c1-3-5-7-9-11-13-15-17-19-21-22-24-25-27-29-31-33-35-37-42-51(60)55-44-40-39-41-47(53(62)57-48-45-49(59)50(46-58)64-54(48)63)56-52(61)43-38-36-34-32-30-28-26-23-20-18-16-14-12-10-8-6-4-2/h5-8,11-14,17-20,22,24,26-29,32-35,47-50,54,58-59,63H,3-4,9-10,15-16,21,23,25,30-31,36-46H2,1-2H3,(H,55,60)(H,56,61)(H,57,62)/b7-5-,8-6-,13-11-,14-12-,19-17-,20-18-,24-22-,28-26-,29-27-,34-32-,35-33-/t47-,48?,49-,50?,54+/m0/s1. The molecule has 0 aromatic heterocycles. The molecule has 10 heteroatoms. The first-order valence-electron chi connectivity index (χ1n) is 24.0. The number of amides is 3. The van der Waals surface area contributed by atoms with Gasteiger partial charge in [0.05, 0.1) is 18.8 Å². The van der Waals surface area contributed by atoms with E-state index in [0.29, 0.717) is 45.1 Å². The molecule has 1 aliphatic rings. The summed E-state index contributed by atoms with van der Waals surface area (Å²) in [7, 11) is 0. The Bertz CT molecular complexity index is 1550. The molecular weight excluding hydrogens is 803 g/mol. The Hall–Kier alpha value is -4.61. The van der Waals surface area contributed by atoms with E-state index in [1.54, 1.807) is 0 Å². The van der Waals surface area contributed by atoms with Gasteiger partial charge in [-0.15, -0.1) is 0 Å². The molecule has 2 unspecified atom stereocenters. The van der Waals surface area contributed by atoms with Crippen molar-refractivity contribution in [2.45, 2.75) is 173 Å². The van der Waals surface area contributed by atoms with Gasteiger partial charge in [0.15, 0.2) is 6.29 Å². The summed E-state index contributed by atoms with van der Waals surface area (Å²) in [5.41, 5.74) is 0. The van der Waals surface area contributed by atoms with Crippen molar-refractivity contribution in [1.29, 1.82) is 0 Å². The van der Waals surface area contributed by atoms with E-state index in [0.717, 1.165) is 77.0 Å². The average Bonchev–Trinajstić information content (AvgIpc) is 3.28. The van der Waals surface area contributed by atoms with Crippen molar-refractivity contribution in [3.05, 3.63) is 134 Å². The van der Waals surface area contributed by atoms with E-state index in [2.05, 4.69) is 157 Å². The fraction of sp³-hybridized carbons (Fsp3) is 0.537. The van der Waals surface area contributed by atoms with Crippen molar-refractivity contribution in [3.8, 4) is 0 Å². The fourth-order valence-electron chi connectivity index (χ4n) is 6.40. The summed E-state index contributed by atoms with van der Waals surface area (Å²) in [6.45, 7) is 4.26. The first-order chi connectivity index (χ1) is 31.3. The highest BCUT2D eigenvalue weighted by atomic mass is 16.6. The Balaban J connectivity index is 2.39. The minimum absolute atomic E-state index is 0.00332. The first kappa shape index (κ1) is 57.4. The molecule has 356 valence electrons. The van der Waals surface area contributed by atoms with Gasteiger partial charge in [0.25, 0.3) is 0 Å². The third kappa shape index (κ3) is 33.9. The second-order valence-corrected chi connectivity index (χ2v) is 15.7. The van der Waals surface area contributed by atoms with Crippen LogP contribution >= 0.6 is 0 Å². The van der Waals surface area contributed by atoms with Crippen molar-refractivity contribution in [2.24, 2.45) is 0 Å². The number of aliphatic hydroxyl groups is 3. The van der Waals surface area contributed by atoms with Crippen LogP contribution in [0, 0.1) is 0 Å². The van der Waals surface area contributed by atoms with Crippen molar-refractivity contribution in [1.82, 2.24) is 16.0 Å². The highest BCUT2D eigenvalue weighted by molar-refractivity contribution is 5.87. The SMILES string of the molecule is CC/C=C\C/C=C\C/C=C\C/C=C\C/C=C\C/C=C\CCC(=O)NCCCC[C@H](NC(=O)CCC/C=C\C/C=C\C/C=C\C/C=C\C/C=C\CC)C(=O)NC1C[C@H](O)C(CO)O[C@H]1O. The number of carbonyl (C=O) groups excluding carboxylic acids is 3. The van der Waals surface area contributed by atoms with Crippen LogP contribution in [0.15, 0.2) is 134 Å². The molecule has 64 heavy (non-hydrogen) atoms. The summed E-state index contributed by atoms with van der Waals surface area (Å²) < 4.78 is 5.27. The molecule has 3 amide bonds. The lowest BCUT2D eigenvalue weighted by Crippen LogP contribution is -2.58. The van der Waals surface area contributed by atoms with E-state index in [1.165, 1.54) is 0 Å². The molecule has 1 heterocycles. The van der Waals surface area contributed by atoms with Crippen LogP contribution in [0.1, 0.15) is 142 Å². The highest BCUT2D eigenvalue weighted by Crippen LogP contribution is 2.19. The summed E-state index contributed by atoms with van der Waals surface area (Å²) in [5, 5.41) is 38.6. The van der Waals surface area contributed by atoms with Gasteiger partial charge in [-0.05, 0) is 109 Å². The molecular formula is C54H83N3O7. The lowest BCUT2D eigenvalue weighted by atomic mass is 10.00. The van der Waals surface area contributed by atoms with Crippen LogP contribution < -0.4 is 16.0 Å². The summed E-state index contributed by atoms with van der Waals surface area (Å²) in [6.07, 6.45) is 58.4. The molecule has 1 saturated heterocycles. The molecule has 1 rings (SSSR count). The van der Waals surface area contributed by atoms with Gasteiger partial charge in [0.2, 0.25) is 17.7 Å². The minimum atomic E-state index is -1.41. The van der Waals surface area contributed by atoms with Gasteiger partial charge < -0.3 is 36.0 Å². The number of nitrogens with one attached hydrogen (secondary N) is 3. The first-order valence-corrected chi connectivity index (χ1v) is 24.0. The van der Waals surface area contributed by atoms with E-state index < -0.39 is 43.1 Å². The molecule has 1 aliphatic heterocycles. The topological polar surface area (TPSA) is 157 Å². The van der Waals surface area contributed by atoms with Gasteiger partial charge in [0.1, 0.15) is 12.1 Å².